The largest absolute Gasteiger partial charge is 0.432 e. The second-order valence-electron chi connectivity index (χ2n) is 31.3. The number of likely N-dealkylation sites (tertiary alicyclic amines) is 2. The van der Waals surface area contributed by atoms with Crippen molar-refractivity contribution in [2.75, 3.05) is 139 Å². The molecule has 12 aromatic heterocycles. The monoisotopic (exact) mass is 1710 g/mol. The van der Waals surface area contributed by atoms with Crippen molar-refractivity contribution in [3.05, 3.63) is 145 Å². The summed E-state index contributed by atoms with van der Waals surface area (Å²) >= 11 is 0. The first-order valence-corrected chi connectivity index (χ1v) is 43.7. The van der Waals surface area contributed by atoms with Crippen molar-refractivity contribution in [2.45, 2.75) is 75.6 Å². The zero-order valence-corrected chi connectivity index (χ0v) is 68.6. The Labute approximate surface area is 698 Å². The molecule has 121 heavy (non-hydrogen) atoms. The van der Waals surface area contributed by atoms with Crippen molar-refractivity contribution in [3.8, 4) is 34.2 Å². The van der Waals surface area contributed by atoms with Crippen molar-refractivity contribution in [1.82, 2.24) is 69.6 Å². The molecule has 8 saturated heterocycles. The fraction of sp³-hybridized carbons (Fsp3) is 0.381. The third kappa shape index (κ3) is 17.7. The first-order chi connectivity index (χ1) is 57.9. The Balaban J connectivity index is 0.000000117. The number of hydrogen-bond donors (Lipinski definition) is 5. The molecule has 37 heteroatoms. The molecular formula is C84H89ClFN17O16S2. The quantitative estimate of drug-likeness (QED) is 0.0593. The van der Waals surface area contributed by atoms with E-state index in [2.05, 4.69) is 93.0 Å². The van der Waals surface area contributed by atoms with Gasteiger partial charge in [0, 0.05) is 176 Å². The van der Waals surface area contributed by atoms with E-state index < -0.39 is 20.2 Å². The third-order valence-corrected chi connectivity index (χ3v) is 23.0. The van der Waals surface area contributed by atoms with E-state index in [9.17, 15) is 21.6 Å². The number of ether oxygens (including phenoxy) is 6. The maximum absolute atomic E-state index is 11.3. The summed E-state index contributed by atoms with van der Waals surface area (Å²) in [5, 5.41) is 5.81. The number of H-pyrrole nitrogens is 3. The number of aromatic amines is 3. The maximum Gasteiger partial charge on any atom is 0.261 e. The minimum Gasteiger partial charge on any atom is -0.432 e. The number of morpholine rings is 5. The highest BCUT2D eigenvalue weighted by Crippen LogP contribution is 2.42. The van der Waals surface area contributed by atoms with Gasteiger partial charge in [0.1, 0.15) is 16.6 Å². The van der Waals surface area contributed by atoms with Crippen molar-refractivity contribution in [2.24, 2.45) is 5.92 Å². The number of nitrogens with one attached hydrogen (secondary N) is 3. The summed E-state index contributed by atoms with van der Waals surface area (Å²) in [5.74, 6) is 5.27. The van der Waals surface area contributed by atoms with Crippen LogP contribution in [0, 0.1) is 5.92 Å². The average molecular weight is 1710 g/mol. The molecular weight excluding hydrogens is 1620 g/mol. The highest BCUT2D eigenvalue weighted by Gasteiger charge is 2.41. The molecule has 0 unspecified atom stereocenters. The van der Waals surface area contributed by atoms with E-state index in [0.717, 1.165) is 186 Å². The molecule has 9 aliphatic rings. The number of aldehydes is 1. The molecule has 1 aliphatic carbocycles. The topological polar surface area (TPSA) is 400 Å². The molecule has 5 N–H and O–H groups in total. The molecule has 33 nitrogen and oxygen atoms in total. The zero-order chi connectivity index (χ0) is 81.0. The van der Waals surface area contributed by atoms with Gasteiger partial charge in [0.2, 0.25) is 17.1 Å². The third-order valence-electron chi connectivity index (χ3n) is 23.0. The summed E-state index contributed by atoms with van der Waals surface area (Å²) in [5.41, 5.74) is 14.7. The summed E-state index contributed by atoms with van der Waals surface area (Å²) in [6.45, 7) is 14.8. The van der Waals surface area contributed by atoms with Crippen LogP contribution >= 0.6 is 12.4 Å². The molecule has 0 amide bonds. The lowest BCUT2D eigenvalue weighted by Crippen LogP contribution is -2.37. The minimum atomic E-state index is -3.67. The lowest BCUT2D eigenvalue weighted by molar-refractivity contribution is 0.0272. The Morgan fingerprint density at radius 3 is 1.12 bits per heavy atom. The van der Waals surface area contributed by atoms with Crippen LogP contribution in [-0.2, 0) is 61.7 Å². The summed E-state index contributed by atoms with van der Waals surface area (Å²) < 4.78 is 104. The number of pyridine rings is 3. The second kappa shape index (κ2) is 34.9. The molecule has 15 aromatic rings. The Bertz CT molecular complexity index is 6250. The van der Waals surface area contributed by atoms with E-state index >= 15 is 0 Å². The Hall–Kier alpha value is -10.8. The average Bonchev–Trinajstić information content (AvgIpc) is 1.61. The van der Waals surface area contributed by atoms with Gasteiger partial charge in [0.25, 0.3) is 20.2 Å². The minimum absolute atomic E-state index is 0. The van der Waals surface area contributed by atoms with Gasteiger partial charge in [-0.15, -0.1) is 12.4 Å². The Kier molecular flexibility index (Phi) is 23.8. The number of nitrogens with zero attached hydrogens (tertiary/aromatic N) is 14. The van der Waals surface area contributed by atoms with Crippen LogP contribution in [0.15, 0.2) is 141 Å². The number of hydrogen-bond acceptors (Lipinski definition) is 28. The number of benzene rings is 3. The molecule has 8 aliphatic heterocycles. The predicted octanol–water partition coefficient (Wildman–Crippen LogP) is 11.8. The van der Waals surface area contributed by atoms with Crippen molar-refractivity contribution in [1.29, 1.82) is 0 Å². The number of carbonyl (C=O) groups excluding carboxylic acids is 1. The van der Waals surface area contributed by atoms with Gasteiger partial charge in [-0.2, -0.15) is 16.8 Å². The molecule has 24 rings (SSSR count). The molecule has 0 radical (unpaired) electrons. The van der Waals surface area contributed by atoms with Crippen LogP contribution in [0.1, 0.15) is 53.6 Å². The molecule has 632 valence electrons. The van der Waals surface area contributed by atoms with Crippen LogP contribution in [0.2, 0.25) is 0 Å². The van der Waals surface area contributed by atoms with Crippen LogP contribution < -0.4 is 14.7 Å². The van der Waals surface area contributed by atoms with Gasteiger partial charge in [-0.3, -0.25) is 28.4 Å². The number of rotatable bonds is 11. The molecule has 0 spiro atoms. The van der Waals surface area contributed by atoms with Gasteiger partial charge < -0.3 is 71.3 Å². The predicted molar refractivity (Wildman–Crippen MR) is 457 cm³/mol. The fourth-order valence-electron chi connectivity index (χ4n) is 17.5. The highest BCUT2D eigenvalue weighted by molar-refractivity contribution is 7.85. The Morgan fingerprint density at radius 1 is 0.455 bits per heavy atom. The smallest absolute Gasteiger partial charge is 0.261 e. The Morgan fingerprint density at radius 2 is 0.818 bits per heavy atom. The molecule has 6 atom stereocenters. The molecule has 1 saturated carbocycles. The molecule has 3 aromatic carbocycles. The van der Waals surface area contributed by atoms with Gasteiger partial charge in [0.15, 0.2) is 58.0 Å². The summed E-state index contributed by atoms with van der Waals surface area (Å²) in [4.78, 5) is 76.5. The number of halogens is 2. The molecule has 6 bridgehead atoms. The normalized spacial score (nSPS) is 20.8. The van der Waals surface area contributed by atoms with Crippen LogP contribution in [0.4, 0.5) is 22.2 Å². The zero-order valence-electron chi connectivity index (χ0n) is 66.1. The first-order valence-electron chi connectivity index (χ1n) is 40.0. The summed E-state index contributed by atoms with van der Waals surface area (Å²) in [7, 11) is -7.33. The van der Waals surface area contributed by atoms with Gasteiger partial charge in [-0.1, -0.05) is 36.4 Å². The number of aromatic nitrogens is 12. The van der Waals surface area contributed by atoms with Crippen molar-refractivity contribution >= 4 is 156 Å². The number of furan rings is 3. The van der Waals surface area contributed by atoms with Crippen LogP contribution in [0.5, 0.6) is 0 Å². The molecule has 20 heterocycles. The fourth-order valence-corrected chi connectivity index (χ4v) is 17.5. The summed E-state index contributed by atoms with van der Waals surface area (Å²) in [6, 6.07) is 31.7. The van der Waals surface area contributed by atoms with E-state index in [1.807, 2.05) is 67.4 Å². The lowest BCUT2D eigenvalue weighted by Gasteiger charge is -2.27. The summed E-state index contributed by atoms with van der Waals surface area (Å²) in [6.07, 6.45) is 21.2. The van der Waals surface area contributed by atoms with Gasteiger partial charge in [-0.25, -0.2) is 44.9 Å². The number of fused-ring (bicyclic) bond motifs is 18. The van der Waals surface area contributed by atoms with Gasteiger partial charge in [-0.05, 0) is 104 Å². The van der Waals surface area contributed by atoms with E-state index in [-0.39, 0.29) is 17.1 Å². The van der Waals surface area contributed by atoms with Gasteiger partial charge >= 0.3 is 0 Å². The van der Waals surface area contributed by atoms with Crippen molar-refractivity contribution in [3.63, 3.8) is 0 Å². The first kappa shape index (κ1) is 82.5. The van der Waals surface area contributed by atoms with E-state index in [0.29, 0.717) is 163 Å². The van der Waals surface area contributed by atoms with Gasteiger partial charge in [0.05, 0.1) is 99.8 Å². The van der Waals surface area contributed by atoms with E-state index in [1.54, 1.807) is 6.07 Å². The van der Waals surface area contributed by atoms with Crippen molar-refractivity contribution < 1.29 is 77.1 Å². The van der Waals surface area contributed by atoms with Crippen LogP contribution in [-0.4, -0.2) is 257 Å². The SMILES string of the molecule is C1C[C@H]2C[C@@H]1CO2.CS(=O)(=O)O.CS(=O)(=O)O.Cl.F.O=Cc1cnc2oc3c(N4CCOCC4)nc(-c4cccc5[nH]ccc45)nc3c2c1.c1cc(-c2nc(N3CCOCC3)c3oc4ncc(CN5C[C@H]6C[C@@H]5CO6)cc4c3n2)c2cc[nH]c2c1.c1cc(-c2nc(N3CCOCC3)c3oc4ncc(CN5C[C@H]6C[C@@H]5CO6)cc4c3n2)c2cc[nH]c2c1. The second-order valence-corrected chi connectivity index (χ2v) is 34.2. The van der Waals surface area contributed by atoms with Crippen LogP contribution in [0.25, 0.3) is 133 Å². The number of anilines is 3. The standard InChI is InChI=1S/2C27H26N6O3.C22H17N5O3.C6H10O.2CH4O3S.ClH.FH/c2*1-2-20(19-4-5-28-22(19)3-1)25-30-23-21-10-16(13-33-14-18-11-17(33)15-35-18)12-29-27(21)36-24(23)26(31-25)32-6-8-34-9-7-32;28-12-13-10-16-18-19(30-22(16)24-11-13)21(27-6-8-29-9-7-27)26-20(25-18)15-2-1-3-17-14(15)4-5-23-17;1-2-6-3-5(1)4-7-6;2*1-5(2,3)4;;/h2*1-5,10,12,17-18,28H,6-9,11,13-15H2;1-5,10-12,23H,6-9H2;5-6H,1-4H2;2*1H3,(H,2,3,4);2*1H/t2*17-,18-;;5-,6+;;;;/m11.1..../s1. The molecule has 9 fully saturated rings. The van der Waals surface area contributed by atoms with Crippen LogP contribution in [0.3, 0.4) is 0 Å². The number of carbonyl (C=O) groups is 1. The highest BCUT2D eigenvalue weighted by atomic mass is 35.5. The van der Waals surface area contributed by atoms with E-state index in [1.165, 1.54) is 36.6 Å². The van der Waals surface area contributed by atoms with E-state index in [4.69, 9.17) is 90.6 Å². The maximum atomic E-state index is 11.3. The lowest BCUT2D eigenvalue weighted by atomic mass is 10.1.